The van der Waals surface area contributed by atoms with E-state index < -0.39 is 6.04 Å². The lowest BCUT2D eigenvalue weighted by Gasteiger charge is -2.19. The van der Waals surface area contributed by atoms with Crippen LogP contribution in [0.3, 0.4) is 0 Å². The van der Waals surface area contributed by atoms with Gasteiger partial charge in [-0.25, -0.2) is 0 Å². The summed E-state index contributed by atoms with van der Waals surface area (Å²) in [7, 11) is 0. The topological polar surface area (TPSA) is 57.0 Å². The molecule has 3 aromatic rings. The lowest BCUT2D eigenvalue weighted by Crippen LogP contribution is -2.27. The molecule has 4 rings (SSSR count). The highest BCUT2D eigenvalue weighted by molar-refractivity contribution is 6.11. The lowest BCUT2D eigenvalue weighted by atomic mass is 9.98. The summed E-state index contributed by atoms with van der Waals surface area (Å²) < 4.78 is 0. The fourth-order valence-electron chi connectivity index (χ4n) is 3.15. The molecule has 1 atom stereocenters. The molecule has 0 fully saturated rings. The molecule has 2 aromatic carbocycles. The minimum Gasteiger partial charge on any atom is -0.313 e. The first kappa shape index (κ1) is 13.5. The van der Waals surface area contributed by atoms with E-state index in [1.807, 2.05) is 54.6 Å². The molecule has 1 amide bonds. The molecule has 0 radical (unpaired) electrons. The third-order valence-electron chi connectivity index (χ3n) is 4.22. The fraction of sp³-hybridized carbons (Fsp3) is 0.105. The second kappa shape index (κ2) is 5.22. The SMILES string of the molecule is N#CC1c2ccc3ccccc3c2C(=O)N1Cc1ccccn1. The molecule has 0 saturated heterocycles. The van der Waals surface area contributed by atoms with Crippen LogP contribution >= 0.6 is 0 Å². The van der Waals surface area contributed by atoms with Gasteiger partial charge in [-0.1, -0.05) is 42.5 Å². The summed E-state index contributed by atoms with van der Waals surface area (Å²) in [5.41, 5.74) is 2.20. The van der Waals surface area contributed by atoms with E-state index in [-0.39, 0.29) is 5.91 Å². The average Bonchev–Trinajstić information content (AvgIpc) is 2.88. The van der Waals surface area contributed by atoms with Crippen molar-refractivity contribution in [3.05, 3.63) is 77.6 Å². The maximum Gasteiger partial charge on any atom is 0.256 e. The van der Waals surface area contributed by atoms with Gasteiger partial charge in [-0.3, -0.25) is 9.78 Å². The number of fused-ring (bicyclic) bond motifs is 3. The summed E-state index contributed by atoms with van der Waals surface area (Å²) >= 11 is 0. The van der Waals surface area contributed by atoms with Crippen LogP contribution in [0.1, 0.15) is 27.7 Å². The highest BCUT2D eigenvalue weighted by atomic mass is 16.2. The fourth-order valence-corrected chi connectivity index (χ4v) is 3.15. The minimum atomic E-state index is -0.566. The molecule has 1 unspecified atom stereocenters. The van der Waals surface area contributed by atoms with Crippen LogP contribution < -0.4 is 0 Å². The summed E-state index contributed by atoms with van der Waals surface area (Å²) in [5.74, 6) is -0.103. The van der Waals surface area contributed by atoms with E-state index in [2.05, 4.69) is 11.1 Å². The maximum absolute atomic E-state index is 12.9. The number of nitrogens with zero attached hydrogens (tertiary/aromatic N) is 3. The zero-order valence-electron chi connectivity index (χ0n) is 12.3. The molecule has 4 nitrogen and oxygen atoms in total. The highest BCUT2D eigenvalue weighted by Crippen LogP contribution is 2.38. The highest BCUT2D eigenvalue weighted by Gasteiger charge is 2.38. The standard InChI is InChI=1S/C19H13N3O/c20-11-17-16-9-8-13-5-1-2-7-15(13)18(16)19(23)22(17)12-14-6-3-4-10-21-14/h1-10,17H,12H2. The molecule has 23 heavy (non-hydrogen) atoms. The van der Waals surface area contributed by atoms with Gasteiger partial charge in [0.25, 0.3) is 5.91 Å². The number of nitriles is 1. The average molecular weight is 299 g/mol. The molecule has 1 aliphatic heterocycles. The summed E-state index contributed by atoms with van der Waals surface area (Å²) in [6.45, 7) is 0.334. The molecule has 110 valence electrons. The Morgan fingerprint density at radius 1 is 1.09 bits per heavy atom. The molecule has 2 heterocycles. The van der Waals surface area contributed by atoms with Crippen molar-refractivity contribution in [3.8, 4) is 6.07 Å². The van der Waals surface area contributed by atoms with Crippen LogP contribution in [0.4, 0.5) is 0 Å². The van der Waals surface area contributed by atoms with Crippen molar-refractivity contribution in [3.63, 3.8) is 0 Å². The Bertz CT molecular complexity index is 944. The first-order valence-corrected chi connectivity index (χ1v) is 7.42. The van der Waals surface area contributed by atoms with Gasteiger partial charge >= 0.3 is 0 Å². The van der Waals surface area contributed by atoms with Gasteiger partial charge in [0.05, 0.1) is 23.9 Å². The first-order valence-electron chi connectivity index (χ1n) is 7.42. The minimum absolute atomic E-state index is 0.103. The zero-order chi connectivity index (χ0) is 15.8. The van der Waals surface area contributed by atoms with E-state index in [0.717, 1.165) is 22.0 Å². The summed E-state index contributed by atoms with van der Waals surface area (Å²) in [4.78, 5) is 18.8. The van der Waals surface area contributed by atoms with Crippen LogP contribution in [-0.4, -0.2) is 15.8 Å². The monoisotopic (exact) mass is 299 g/mol. The Morgan fingerprint density at radius 3 is 2.70 bits per heavy atom. The van der Waals surface area contributed by atoms with Gasteiger partial charge in [-0.2, -0.15) is 5.26 Å². The van der Waals surface area contributed by atoms with E-state index in [0.29, 0.717) is 12.1 Å². The number of rotatable bonds is 2. The van der Waals surface area contributed by atoms with Gasteiger partial charge in [-0.05, 0) is 22.9 Å². The number of carbonyl (C=O) groups is 1. The van der Waals surface area contributed by atoms with Gasteiger partial charge in [-0.15, -0.1) is 0 Å². The van der Waals surface area contributed by atoms with Crippen LogP contribution in [0, 0.1) is 11.3 Å². The van der Waals surface area contributed by atoms with Crippen LogP contribution in [0.5, 0.6) is 0 Å². The number of hydrogen-bond donors (Lipinski definition) is 0. The summed E-state index contributed by atoms with van der Waals surface area (Å²) in [5, 5.41) is 11.5. The number of benzene rings is 2. The third-order valence-corrected chi connectivity index (χ3v) is 4.22. The van der Waals surface area contributed by atoms with Crippen LogP contribution in [0.2, 0.25) is 0 Å². The second-order valence-electron chi connectivity index (χ2n) is 5.54. The summed E-state index contributed by atoms with van der Waals surface area (Å²) in [6.07, 6.45) is 1.69. The Kier molecular flexibility index (Phi) is 3.06. The van der Waals surface area contributed by atoms with Crippen LogP contribution in [0.15, 0.2) is 60.8 Å². The molecular formula is C19H13N3O. The molecule has 0 N–H and O–H groups in total. The van der Waals surface area contributed by atoms with Crippen molar-refractivity contribution in [2.75, 3.05) is 0 Å². The quantitative estimate of drug-likeness (QED) is 0.728. The van der Waals surface area contributed by atoms with E-state index in [4.69, 9.17) is 0 Å². The van der Waals surface area contributed by atoms with E-state index in [1.165, 1.54) is 0 Å². The van der Waals surface area contributed by atoms with Crippen molar-refractivity contribution >= 4 is 16.7 Å². The van der Waals surface area contributed by atoms with Gasteiger partial charge < -0.3 is 4.90 Å². The number of carbonyl (C=O) groups excluding carboxylic acids is 1. The first-order chi connectivity index (χ1) is 11.3. The second-order valence-corrected chi connectivity index (χ2v) is 5.54. The van der Waals surface area contributed by atoms with Crippen LogP contribution in [0.25, 0.3) is 10.8 Å². The van der Waals surface area contributed by atoms with Gasteiger partial charge in [0.1, 0.15) is 6.04 Å². The van der Waals surface area contributed by atoms with Crippen molar-refractivity contribution < 1.29 is 4.79 Å². The predicted molar refractivity (Wildman–Crippen MR) is 86.4 cm³/mol. The normalized spacial score (nSPS) is 16.4. The Hall–Kier alpha value is -3.19. The molecule has 1 aromatic heterocycles. The zero-order valence-corrected chi connectivity index (χ0v) is 12.3. The molecule has 0 bridgehead atoms. The van der Waals surface area contributed by atoms with Crippen molar-refractivity contribution in [1.82, 2.24) is 9.88 Å². The Morgan fingerprint density at radius 2 is 1.91 bits per heavy atom. The molecule has 0 saturated carbocycles. The number of pyridine rings is 1. The number of aromatic nitrogens is 1. The maximum atomic E-state index is 12.9. The Balaban J connectivity index is 1.83. The molecular weight excluding hydrogens is 286 g/mol. The Labute approximate surface area is 133 Å². The summed E-state index contributed by atoms with van der Waals surface area (Å²) in [6, 6.07) is 18.9. The van der Waals surface area contributed by atoms with Crippen LogP contribution in [-0.2, 0) is 6.54 Å². The van der Waals surface area contributed by atoms with E-state index >= 15 is 0 Å². The molecule has 0 spiro atoms. The smallest absolute Gasteiger partial charge is 0.256 e. The van der Waals surface area contributed by atoms with E-state index in [1.54, 1.807) is 11.1 Å². The molecule has 0 aliphatic carbocycles. The molecule has 4 heteroatoms. The van der Waals surface area contributed by atoms with Crippen molar-refractivity contribution in [2.24, 2.45) is 0 Å². The lowest BCUT2D eigenvalue weighted by molar-refractivity contribution is 0.0743. The number of amides is 1. The third kappa shape index (κ3) is 2.06. The van der Waals surface area contributed by atoms with E-state index in [9.17, 15) is 10.1 Å². The van der Waals surface area contributed by atoms with Crippen molar-refractivity contribution in [2.45, 2.75) is 12.6 Å². The largest absolute Gasteiger partial charge is 0.313 e. The molecule has 1 aliphatic rings. The van der Waals surface area contributed by atoms with Gasteiger partial charge in [0, 0.05) is 11.8 Å². The number of hydrogen-bond acceptors (Lipinski definition) is 3. The van der Waals surface area contributed by atoms with Crippen molar-refractivity contribution in [1.29, 1.82) is 5.26 Å². The van der Waals surface area contributed by atoms with Gasteiger partial charge in [0.15, 0.2) is 0 Å². The predicted octanol–water partition coefficient (Wildman–Crippen LogP) is 3.46. The van der Waals surface area contributed by atoms with Gasteiger partial charge in [0.2, 0.25) is 0 Å².